The van der Waals surface area contributed by atoms with Crippen LogP contribution in [0.25, 0.3) is 0 Å². The Balaban J connectivity index is 1.95. The van der Waals surface area contributed by atoms with Crippen molar-refractivity contribution in [3.63, 3.8) is 0 Å². The molecule has 6 nitrogen and oxygen atoms in total. The van der Waals surface area contributed by atoms with Gasteiger partial charge in [0.05, 0.1) is 17.9 Å². The van der Waals surface area contributed by atoms with Gasteiger partial charge in [-0.05, 0) is 49.1 Å². The van der Waals surface area contributed by atoms with E-state index in [0.717, 1.165) is 17.7 Å². The van der Waals surface area contributed by atoms with E-state index >= 15 is 0 Å². The van der Waals surface area contributed by atoms with Crippen LogP contribution in [0.3, 0.4) is 0 Å². The van der Waals surface area contributed by atoms with Gasteiger partial charge in [-0.1, -0.05) is 29.4 Å². The van der Waals surface area contributed by atoms with Gasteiger partial charge < -0.3 is 14.5 Å². The third kappa shape index (κ3) is 7.16. The normalized spacial score (nSPS) is 13.0. The average Bonchev–Trinajstić information content (AvgIpc) is 3.33. The number of aliphatic carboxylic acids is 1. The summed E-state index contributed by atoms with van der Waals surface area (Å²) in [6, 6.07) is 9.98. The van der Waals surface area contributed by atoms with Crippen LogP contribution in [-0.4, -0.2) is 32.9 Å². The number of carboxylic acids is 1. The van der Waals surface area contributed by atoms with Gasteiger partial charge in [0.25, 0.3) is 0 Å². The van der Waals surface area contributed by atoms with Gasteiger partial charge in [-0.2, -0.15) is 13.2 Å². The van der Waals surface area contributed by atoms with Crippen molar-refractivity contribution in [1.82, 2.24) is 9.55 Å². The molecule has 0 bridgehead atoms. The Morgan fingerprint density at radius 3 is 2.56 bits per heavy atom. The van der Waals surface area contributed by atoms with Crippen molar-refractivity contribution in [2.45, 2.75) is 37.9 Å². The molecule has 1 aromatic heterocycles. The van der Waals surface area contributed by atoms with Gasteiger partial charge in [-0.3, -0.25) is 4.79 Å². The summed E-state index contributed by atoms with van der Waals surface area (Å²) in [5.74, 6) is -1.33. The zero-order valence-corrected chi connectivity index (χ0v) is 18.1. The molecule has 3 aromatic rings. The number of aromatic nitrogens is 2. The molecule has 34 heavy (non-hydrogen) atoms. The summed E-state index contributed by atoms with van der Waals surface area (Å²) in [4.78, 5) is 20.1. The lowest BCUT2D eigenvalue weighted by Gasteiger charge is -2.22. The minimum atomic E-state index is -4.54. The topological polar surface area (TPSA) is 76.7 Å². The fourth-order valence-electron chi connectivity index (χ4n) is 3.36. The maximum Gasteiger partial charge on any atom is 0.416 e. The first kappa shape index (κ1) is 24.9. The third-order valence-electron chi connectivity index (χ3n) is 5.07. The molecule has 0 aliphatic heterocycles. The Hall–Kier alpha value is -3.69. The van der Waals surface area contributed by atoms with Crippen molar-refractivity contribution in [2.75, 3.05) is 6.61 Å². The summed E-state index contributed by atoms with van der Waals surface area (Å²) in [5, 5.41) is 12.9. The van der Waals surface area contributed by atoms with Crippen molar-refractivity contribution in [3.05, 3.63) is 89.8 Å². The van der Waals surface area contributed by atoms with Crippen molar-refractivity contribution < 1.29 is 32.3 Å². The van der Waals surface area contributed by atoms with Crippen molar-refractivity contribution in [1.29, 1.82) is 0 Å². The van der Waals surface area contributed by atoms with E-state index in [1.807, 2.05) is 0 Å². The molecule has 0 radical (unpaired) electrons. The number of nitrogens with zero attached hydrogens (tertiary/aromatic N) is 3. The van der Waals surface area contributed by atoms with Gasteiger partial charge in [-0.15, -0.1) is 0 Å². The van der Waals surface area contributed by atoms with Crippen LogP contribution in [0.1, 0.15) is 42.0 Å². The zero-order chi connectivity index (χ0) is 24.6. The predicted octanol–water partition coefficient (Wildman–Crippen LogP) is 5.50. The molecule has 2 aromatic carbocycles. The van der Waals surface area contributed by atoms with Crippen molar-refractivity contribution in [2.24, 2.45) is 5.16 Å². The molecular formula is C24H23F4N3O3. The average molecular weight is 477 g/mol. The molecule has 3 rings (SSSR count). The number of halogens is 4. The largest absolute Gasteiger partial charge is 0.481 e. The fraction of sp³-hybridized carbons (Fsp3) is 0.292. The molecule has 1 heterocycles. The van der Waals surface area contributed by atoms with E-state index in [4.69, 9.17) is 9.94 Å². The molecule has 0 aliphatic carbocycles. The Morgan fingerprint density at radius 1 is 1.15 bits per heavy atom. The van der Waals surface area contributed by atoms with Crippen LogP contribution in [0.2, 0.25) is 0 Å². The minimum Gasteiger partial charge on any atom is -0.481 e. The van der Waals surface area contributed by atoms with Gasteiger partial charge in [-0.25, -0.2) is 9.37 Å². The molecule has 0 fully saturated rings. The summed E-state index contributed by atoms with van der Waals surface area (Å²) < 4.78 is 55.2. The molecule has 0 saturated carbocycles. The SMILES string of the molecule is O=C(O)CCCCO/N=C(\c1cccc(C(F)(F)F)c1)C(Cc1ccc(F)cc1)n1ccnc1. The predicted molar refractivity (Wildman–Crippen MR) is 117 cm³/mol. The second-order valence-electron chi connectivity index (χ2n) is 7.60. The Bertz CT molecular complexity index is 1100. The van der Waals surface area contributed by atoms with Crippen molar-refractivity contribution in [3.8, 4) is 0 Å². The number of hydrogen-bond acceptors (Lipinski definition) is 4. The molecule has 0 saturated heterocycles. The van der Waals surface area contributed by atoms with E-state index in [9.17, 15) is 22.4 Å². The zero-order valence-electron chi connectivity index (χ0n) is 18.1. The van der Waals surface area contributed by atoms with E-state index in [-0.39, 0.29) is 30.7 Å². The summed E-state index contributed by atoms with van der Waals surface area (Å²) >= 11 is 0. The first-order valence-corrected chi connectivity index (χ1v) is 10.5. The quantitative estimate of drug-likeness (QED) is 0.171. The number of alkyl halides is 3. The van der Waals surface area contributed by atoms with E-state index in [1.165, 1.54) is 36.8 Å². The maximum atomic E-state index is 13.4. The number of imidazole rings is 1. The molecule has 0 spiro atoms. The third-order valence-corrected chi connectivity index (χ3v) is 5.07. The lowest BCUT2D eigenvalue weighted by Crippen LogP contribution is -2.23. The van der Waals surface area contributed by atoms with Gasteiger partial charge in [0, 0.05) is 24.4 Å². The van der Waals surface area contributed by atoms with E-state index in [1.54, 1.807) is 22.9 Å². The van der Waals surface area contributed by atoms with E-state index in [0.29, 0.717) is 12.8 Å². The van der Waals surface area contributed by atoms with Crippen LogP contribution < -0.4 is 0 Å². The number of unbranched alkanes of at least 4 members (excludes halogenated alkanes) is 1. The van der Waals surface area contributed by atoms with Crippen LogP contribution in [0.4, 0.5) is 17.6 Å². The lowest BCUT2D eigenvalue weighted by molar-refractivity contribution is -0.138. The standard InChI is InChI=1S/C24H23F4N3O3/c25-20-9-7-17(8-10-20)14-21(31-12-11-29-16-31)23(30-34-13-2-1-6-22(32)33)18-4-3-5-19(15-18)24(26,27)28/h3-5,7-12,15-16,21H,1-2,6,13-14H2,(H,32,33)/b30-23+. The second-order valence-corrected chi connectivity index (χ2v) is 7.60. The summed E-state index contributed by atoms with van der Waals surface area (Å²) in [5.41, 5.74) is 0.347. The Kier molecular flexibility index (Phi) is 8.39. The van der Waals surface area contributed by atoms with Gasteiger partial charge in [0.2, 0.25) is 0 Å². The molecule has 1 unspecified atom stereocenters. The van der Waals surface area contributed by atoms with Crippen molar-refractivity contribution >= 4 is 11.7 Å². The highest BCUT2D eigenvalue weighted by Crippen LogP contribution is 2.31. The first-order valence-electron chi connectivity index (χ1n) is 10.5. The smallest absolute Gasteiger partial charge is 0.416 e. The number of carbonyl (C=O) groups is 1. The molecule has 1 N–H and O–H groups in total. The number of hydrogen-bond donors (Lipinski definition) is 1. The number of oxime groups is 1. The number of benzene rings is 2. The van der Waals surface area contributed by atoms with Crippen LogP contribution in [-0.2, 0) is 22.2 Å². The maximum absolute atomic E-state index is 13.4. The fourth-order valence-corrected chi connectivity index (χ4v) is 3.36. The second kappa shape index (κ2) is 11.4. The van der Waals surface area contributed by atoms with Gasteiger partial charge >= 0.3 is 12.1 Å². The van der Waals surface area contributed by atoms with Crippen LogP contribution in [0.15, 0.2) is 72.4 Å². The Labute approximate surface area is 193 Å². The summed E-state index contributed by atoms with van der Waals surface area (Å²) in [7, 11) is 0. The molecule has 180 valence electrons. The highest BCUT2D eigenvalue weighted by molar-refractivity contribution is 6.03. The molecule has 0 aliphatic rings. The highest BCUT2D eigenvalue weighted by Gasteiger charge is 2.31. The molecule has 0 amide bonds. The van der Waals surface area contributed by atoms with Crippen LogP contribution in [0.5, 0.6) is 0 Å². The lowest BCUT2D eigenvalue weighted by atomic mass is 9.95. The summed E-state index contributed by atoms with van der Waals surface area (Å²) in [6.45, 7) is 0.100. The van der Waals surface area contributed by atoms with E-state index < -0.39 is 29.6 Å². The van der Waals surface area contributed by atoms with Gasteiger partial charge in [0.1, 0.15) is 18.1 Å². The monoisotopic (exact) mass is 477 g/mol. The van der Waals surface area contributed by atoms with Gasteiger partial charge in [0.15, 0.2) is 0 Å². The minimum absolute atomic E-state index is 0.0181. The number of carboxylic acid groups (broad SMARTS) is 1. The molecular weight excluding hydrogens is 454 g/mol. The van der Waals surface area contributed by atoms with E-state index in [2.05, 4.69) is 10.1 Å². The first-order chi connectivity index (χ1) is 16.2. The van der Waals surface area contributed by atoms with Crippen LogP contribution in [0, 0.1) is 5.82 Å². The molecule has 10 heteroatoms. The summed E-state index contributed by atoms with van der Waals surface area (Å²) in [6.07, 6.45) is 1.23. The Morgan fingerprint density at radius 2 is 1.91 bits per heavy atom. The number of rotatable bonds is 11. The highest BCUT2D eigenvalue weighted by atomic mass is 19.4. The molecule has 1 atom stereocenters. The van der Waals surface area contributed by atoms with Crippen LogP contribution >= 0.6 is 0 Å².